The molecule has 41 heavy (non-hydrogen) atoms. The Kier molecular flexibility index (Phi) is 6.62. The first kappa shape index (κ1) is 28.8. The van der Waals surface area contributed by atoms with Crippen LogP contribution >= 0.6 is 0 Å². The zero-order chi connectivity index (χ0) is 30.3. The molecule has 11 nitrogen and oxygen atoms in total. The van der Waals surface area contributed by atoms with Gasteiger partial charge in [-0.25, -0.2) is 0 Å². The second kappa shape index (κ2) is 9.42. The minimum Gasteiger partial charge on any atom is -0.508 e. The number of nitrogens with two attached hydrogens (primary N) is 1. The fourth-order valence-electron chi connectivity index (χ4n) is 6.95. The maximum Gasteiger partial charge on any atom is 0.255 e. The van der Waals surface area contributed by atoms with Crippen molar-refractivity contribution in [2.24, 2.45) is 23.0 Å². The highest BCUT2D eigenvalue weighted by molar-refractivity contribution is 6.24. The molecule has 4 unspecified atom stereocenters. The second-order valence-electron chi connectivity index (χ2n) is 12.6. The summed E-state index contributed by atoms with van der Waals surface area (Å²) in [5.74, 6) is -6.71. The van der Waals surface area contributed by atoms with Gasteiger partial charge in [-0.05, 0) is 69.3 Å². The fourth-order valence-corrected chi connectivity index (χ4v) is 6.95. The maximum atomic E-state index is 14.1. The van der Waals surface area contributed by atoms with Crippen molar-refractivity contribution >= 4 is 34.7 Å². The highest BCUT2D eigenvalue weighted by Gasteiger charge is 2.64. The third-order valence-electron chi connectivity index (χ3n) is 9.55. The molecule has 0 aromatic heterocycles. The molecule has 4 aliphatic rings. The predicted molar refractivity (Wildman–Crippen MR) is 149 cm³/mol. The lowest BCUT2D eigenvalue weighted by Gasteiger charge is -2.50. The van der Waals surface area contributed by atoms with Crippen LogP contribution in [0.3, 0.4) is 0 Å². The van der Waals surface area contributed by atoms with Crippen LogP contribution < -0.4 is 10.6 Å². The predicted octanol–water partition coefficient (Wildman–Crippen LogP) is 1.33. The number of amides is 1. The van der Waals surface area contributed by atoms with E-state index in [1.807, 2.05) is 25.9 Å². The molecule has 0 aliphatic heterocycles. The summed E-state index contributed by atoms with van der Waals surface area (Å²) >= 11 is 0. The summed E-state index contributed by atoms with van der Waals surface area (Å²) in [5, 5.41) is 45.7. The second-order valence-corrected chi connectivity index (χ2v) is 12.6. The van der Waals surface area contributed by atoms with Gasteiger partial charge in [0.15, 0.2) is 11.4 Å². The summed E-state index contributed by atoms with van der Waals surface area (Å²) in [4.78, 5) is 55.4. The average molecular weight is 568 g/mol. The number of Topliss-reactive ketones (excluding diaryl/α,β-unsaturated/α-hetero) is 3. The number of phenols is 1. The van der Waals surface area contributed by atoms with E-state index >= 15 is 0 Å². The Labute approximate surface area is 237 Å². The standard InChI is InChI=1S/C30H37N3O8/c1-29(8-9-29)18(34)7-6-13-12-17(32(2)3)15-10-14-11-16-22(33(4)5)25(37)21(28(31)40)27(39)30(16,41)26(38)19(14)24(36)20(15)23(13)35/h12,14,16,22,35-36,39,41H,6-11H2,1-5H3,(H2,31,40). The summed E-state index contributed by atoms with van der Waals surface area (Å²) in [5.41, 5.74) is 3.08. The minimum atomic E-state index is -2.69. The molecule has 0 heterocycles. The van der Waals surface area contributed by atoms with Crippen molar-refractivity contribution in [3.63, 3.8) is 0 Å². The molecule has 0 bridgehead atoms. The summed E-state index contributed by atoms with van der Waals surface area (Å²) < 4.78 is 0. The lowest BCUT2D eigenvalue weighted by molar-refractivity contribution is -0.153. The van der Waals surface area contributed by atoms with Crippen LogP contribution in [0, 0.1) is 17.3 Å². The number of aliphatic hydroxyl groups is 3. The van der Waals surface area contributed by atoms with Gasteiger partial charge in [-0.3, -0.25) is 24.1 Å². The van der Waals surface area contributed by atoms with Crippen molar-refractivity contribution in [2.45, 2.75) is 57.1 Å². The van der Waals surface area contributed by atoms with E-state index in [2.05, 4.69) is 0 Å². The minimum absolute atomic E-state index is 0.0221. The number of hydrogen-bond acceptors (Lipinski definition) is 10. The molecule has 11 heteroatoms. The summed E-state index contributed by atoms with van der Waals surface area (Å²) in [6.45, 7) is 1.92. The molecule has 220 valence electrons. The average Bonchev–Trinajstić information content (AvgIpc) is 3.63. The Morgan fingerprint density at radius 1 is 1.10 bits per heavy atom. The number of aryl methyl sites for hydroxylation is 1. The van der Waals surface area contributed by atoms with E-state index in [1.54, 1.807) is 20.2 Å². The topological polar surface area (TPSA) is 182 Å². The molecule has 2 fully saturated rings. The number of hydrogen-bond donors (Lipinski definition) is 5. The molecule has 1 aromatic carbocycles. The van der Waals surface area contributed by atoms with Crippen LogP contribution in [0.2, 0.25) is 0 Å². The Hall–Kier alpha value is -3.70. The van der Waals surface area contributed by atoms with E-state index in [0.29, 0.717) is 16.8 Å². The van der Waals surface area contributed by atoms with Gasteiger partial charge in [0.05, 0.1) is 11.6 Å². The Bertz CT molecular complexity index is 1470. The van der Waals surface area contributed by atoms with Gasteiger partial charge in [0.1, 0.15) is 28.6 Å². The number of primary amides is 1. The van der Waals surface area contributed by atoms with Gasteiger partial charge >= 0.3 is 0 Å². The molecule has 4 atom stereocenters. The SMILES string of the molecule is CN(C)c1cc(CCC(=O)C2(C)CC2)c(O)c2c1CC1CC3C(N(C)C)C(=O)C(C(N)=O)=C(O)C3(O)C(=O)C1=C2O. The molecular formula is C30H37N3O8. The number of ketones is 3. The van der Waals surface area contributed by atoms with Crippen LogP contribution in [0.5, 0.6) is 5.75 Å². The smallest absolute Gasteiger partial charge is 0.255 e. The number of aromatic hydroxyl groups is 1. The number of aliphatic hydroxyl groups excluding tert-OH is 2. The van der Waals surface area contributed by atoms with Crippen molar-refractivity contribution in [3.8, 4) is 5.75 Å². The van der Waals surface area contributed by atoms with Gasteiger partial charge in [-0.1, -0.05) is 6.92 Å². The number of rotatable bonds is 7. The number of benzene rings is 1. The number of fused-ring (bicyclic) bond motifs is 3. The molecule has 0 radical (unpaired) electrons. The Morgan fingerprint density at radius 3 is 2.27 bits per heavy atom. The van der Waals surface area contributed by atoms with Crippen LogP contribution in [0.1, 0.15) is 49.3 Å². The van der Waals surface area contributed by atoms with E-state index in [9.17, 15) is 39.6 Å². The van der Waals surface area contributed by atoms with Crippen molar-refractivity contribution in [1.29, 1.82) is 0 Å². The molecule has 2 saturated carbocycles. The number of likely N-dealkylation sites (N-methyl/N-ethyl adjacent to an activating group) is 1. The third kappa shape index (κ3) is 4.08. The van der Waals surface area contributed by atoms with Crippen LogP contribution in [0.25, 0.3) is 5.76 Å². The van der Waals surface area contributed by atoms with Crippen LogP contribution in [0.4, 0.5) is 5.69 Å². The zero-order valence-electron chi connectivity index (χ0n) is 23.9. The summed E-state index contributed by atoms with van der Waals surface area (Å²) in [6, 6.07) is 0.651. The van der Waals surface area contributed by atoms with Gasteiger partial charge < -0.3 is 31.1 Å². The lowest BCUT2D eigenvalue weighted by atomic mass is 9.57. The molecule has 5 rings (SSSR count). The molecular weight excluding hydrogens is 530 g/mol. The highest BCUT2D eigenvalue weighted by Crippen LogP contribution is 2.54. The zero-order valence-corrected chi connectivity index (χ0v) is 23.9. The largest absolute Gasteiger partial charge is 0.508 e. The normalized spacial score (nSPS) is 28.3. The summed E-state index contributed by atoms with van der Waals surface area (Å²) in [6.07, 6.45) is 2.35. The number of phenolic OH excluding ortho intramolecular Hbond substituents is 1. The monoisotopic (exact) mass is 567 g/mol. The van der Waals surface area contributed by atoms with E-state index in [-0.39, 0.29) is 53.8 Å². The number of carbonyl (C=O) groups is 4. The molecule has 4 aliphatic carbocycles. The first-order chi connectivity index (χ1) is 19.1. The van der Waals surface area contributed by atoms with Crippen LogP contribution in [0.15, 0.2) is 23.0 Å². The Morgan fingerprint density at radius 2 is 1.73 bits per heavy atom. The molecule has 0 spiro atoms. The van der Waals surface area contributed by atoms with Gasteiger partial charge in [0, 0.05) is 43.1 Å². The molecule has 6 N–H and O–H groups in total. The van der Waals surface area contributed by atoms with Crippen LogP contribution in [-0.2, 0) is 32.0 Å². The number of anilines is 1. The van der Waals surface area contributed by atoms with Crippen molar-refractivity contribution in [3.05, 3.63) is 39.7 Å². The van der Waals surface area contributed by atoms with Gasteiger partial charge in [-0.15, -0.1) is 0 Å². The van der Waals surface area contributed by atoms with Crippen molar-refractivity contribution in [2.75, 3.05) is 33.1 Å². The van der Waals surface area contributed by atoms with Gasteiger partial charge in [-0.2, -0.15) is 0 Å². The third-order valence-corrected chi connectivity index (χ3v) is 9.55. The van der Waals surface area contributed by atoms with Crippen molar-refractivity contribution in [1.82, 2.24) is 4.90 Å². The number of nitrogens with zero attached hydrogens (tertiary/aromatic N) is 2. The first-order valence-corrected chi connectivity index (χ1v) is 13.8. The van der Waals surface area contributed by atoms with E-state index in [1.165, 1.54) is 4.90 Å². The van der Waals surface area contributed by atoms with E-state index in [0.717, 1.165) is 12.8 Å². The lowest BCUT2D eigenvalue weighted by Crippen LogP contribution is -2.65. The summed E-state index contributed by atoms with van der Waals surface area (Å²) in [7, 11) is 6.74. The quantitative estimate of drug-likeness (QED) is 0.302. The highest BCUT2D eigenvalue weighted by atomic mass is 16.3. The Balaban J connectivity index is 1.66. The van der Waals surface area contributed by atoms with E-state index in [4.69, 9.17) is 5.73 Å². The fraction of sp³-hybridized carbons (Fsp3) is 0.533. The molecule has 1 amide bonds. The van der Waals surface area contributed by atoms with Crippen molar-refractivity contribution < 1.29 is 39.6 Å². The molecule has 0 saturated heterocycles. The number of carbonyl (C=O) groups excluding carboxylic acids is 4. The van der Waals surface area contributed by atoms with Gasteiger partial charge in [0.2, 0.25) is 5.78 Å². The van der Waals surface area contributed by atoms with E-state index < -0.39 is 58.0 Å². The first-order valence-electron chi connectivity index (χ1n) is 13.8. The molecule has 1 aromatic rings. The van der Waals surface area contributed by atoms with Crippen LogP contribution in [-0.4, -0.2) is 88.4 Å². The maximum absolute atomic E-state index is 14.1. The van der Waals surface area contributed by atoms with Gasteiger partial charge in [0.25, 0.3) is 5.91 Å².